The first kappa shape index (κ1) is 27.5. The predicted octanol–water partition coefficient (Wildman–Crippen LogP) is 12.0. The van der Waals surface area contributed by atoms with E-state index in [1.165, 1.54) is 54.1 Å². The third kappa shape index (κ3) is 4.37. The fourth-order valence-electron chi connectivity index (χ4n) is 7.58. The average Bonchev–Trinajstić information content (AvgIpc) is 3.55. The molecule has 0 aliphatic carbocycles. The predicted molar refractivity (Wildman–Crippen MR) is 205 cm³/mol. The summed E-state index contributed by atoms with van der Waals surface area (Å²) >= 11 is 0. The number of rotatable bonds is 4. The summed E-state index contributed by atoms with van der Waals surface area (Å²) in [6.45, 7) is 0. The highest BCUT2D eigenvalue weighted by Gasteiger charge is 2.21. The van der Waals surface area contributed by atoms with E-state index >= 15 is 0 Å². The molecule has 3 heteroatoms. The van der Waals surface area contributed by atoms with Gasteiger partial charge in [-0.25, -0.2) is 9.97 Å². The molecule has 49 heavy (non-hydrogen) atoms. The van der Waals surface area contributed by atoms with Gasteiger partial charge in [0.2, 0.25) is 0 Å². The van der Waals surface area contributed by atoms with Crippen LogP contribution in [-0.2, 0) is 0 Å². The Kier molecular flexibility index (Phi) is 6.18. The Morgan fingerprint density at radius 3 is 1.69 bits per heavy atom. The van der Waals surface area contributed by atoms with Gasteiger partial charge in [-0.15, -0.1) is 0 Å². The molecule has 0 atom stereocenters. The quantitative estimate of drug-likeness (QED) is 0.183. The minimum Gasteiger partial charge on any atom is -0.309 e. The normalized spacial score (nSPS) is 11.7. The third-order valence-electron chi connectivity index (χ3n) is 9.75. The number of benzene rings is 8. The SMILES string of the molecule is c1ccc(-c2cc(-c3cccc(-n4c5ccc6ccccc6c5c5c6ccccc6c6ccccc6c54)c3)nc(-c3ccccc3)n2)cc1. The van der Waals surface area contributed by atoms with E-state index in [-0.39, 0.29) is 0 Å². The summed E-state index contributed by atoms with van der Waals surface area (Å²) in [5, 5.41) is 10.1. The molecular formula is C46H29N3. The number of aromatic nitrogens is 3. The molecule has 3 nitrogen and oxygen atoms in total. The zero-order chi connectivity index (χ0) is 32.3. The Hall–Kier alpha value is -6.58. The van der Waals surface area contributed by atoms with Gasteiger partial charge in [-0.3, -0.25) is 0 Å². The molecule has 0 spiro atoms. The molecule has 0 unspecified atom stereocenters. The van der Waals surface area contributed by atoms with Gasteiger partial charge in [0.15, 0.2) is 5.82 Å². The van der Waals surface area contributed by atoms with E-state index < -0.39 is 0 Å². The van der Waals surface area contributed by atoms with Crippen molar-refractivity contribution in [2.75, 3.05) is 0 Å². The van der Waals surface area contributed by atoms with E-state index in [1.807, 2.05) is 24.3 Å². The molecule has 0 radical (unpaired) electrons. The number of nitrogens with zero attached hydrogens (tertiary/aromatic N) is 3. The fraction of sp³-hybridized carbons (Fsp3) is 0. The molecule has 2 heterocycles. The van der Waals surface area contributed by atoms with Crippen molar-refractivity contribution in [1.29, 1.82) is 0 Å². The lowest BCUT2D eigenvalue weighted by atomic mass is 9.95. The highest BCUT2D eigenvalue weighted by Crippen LogP contribution is 2.45. The van der Waals surface area contributed by atoms with Crippen LogP contribution in [0.15, 0.2) is 176 Å². The van der Waals surface area contributed by atoms with E-state index in [4.69, 9.17) is 9.97 Å². The van der Waals surface area contributed by atoms with Crippen molar-refractivity contribution in [3.63, 3.8) is 0 Å². The van der Waals surface area contributed by atoms with Gasteiger partial charge in [0, 0.05) is 38.5 Å². The molecule has 0 aliphatic rings. The van der Waals surface area contributed by atoms with Gasteiger partial charge < -0.3 is 4.57 Å². The average molecular weight is 624 g/mol. The molecule has 10 aromatic rings. The summed E-state index contributed by atoms with van der Waals surface area (Å²) in [6.07, 6.45) is 0. The Morgan fingerprint density at radius 1 is 0.367 bits per heavy atom. The Labute approximate surface area is 283 Å². The minimum absolute atomic E-state index is 0.711. The van der Waals surface area contributed by atoms with Crippen LogP contribution in [0.4, 0.5) is 0 Å². The molecule has 0 aliphatic heterocycles. The monoisotopic (exact) mass is 623 g/mol. The van der Waals surface area contributed by atoms with Crippen molar-refractivity contribution in [2.24, 2.45) is 0 Å². The molecule has 228 valence electrons. The summed E-state index contributed by atoms with van der Waals surface area (Å²) in [7, 11) is 0. The van der Waals surface area contributed by atoms with E-state index in [9.17, 15) is 0 Å². The summed E-state index contributed by atoms with van der Waals surface area (Å²) in [4.78, 5) is 10.2. The van der Waals surface area contributed by atoms with Crippen molar-refractivity contribution in [3.8, 4) is 39.6 Å². The molecule has 0 saturated heterocycles. The van der Waals surface area contributed by atoms with Gasteiger partial charge in [-0.2, -0.15) is 0 Å². The molecule has 0 bridgehead atoms. The van der Waals surface area contributed by atoms with Crippen LogP contribution in [0, 0.1) is 0 Å². The molecule has 0 saturated carbocycles. The lowest BCUT2D eigenvalue weighted by Crippen LogP contribution is -1.98. The maximum Gasteiger partial charge on any atom is 0.160 e. The van der Waals surface area contributed by atoms with Crippen molar-refractivity contribution in [3.05, 3.63) is 176 Å². The first-order chi connectivity index (χ1) is 24.3. The number of fused-ring (bicyclic) bond motifs is 10. The van der Waals surface area contributed by atoms with E-state index in [0.29, 0.717) is 5.82 Å². The highest BCUT2D eigenvalue weighted by molar-refractivity contribution is 6.35. The van der Waals surface area contributed by atoms with Crippen molar-refractivity contribution < 1.29 is 0 Å². The smallest absolute Gasteiger partial charge is 0.160 e. The number of hydrogen-bond acceptors (Lipinski definition) is 2. The first-order valence-corrected chi connectivity index (χ1v) is 16.7. The lowest BCUT2D eigenvalue weighted by Gasteiger charge is -2.14. The zero-order valence-corrected chi connectivity index (χ0v) is 26.6. The Balaban J connectivity index is 1.29. The highest BCUT2D eigenvalue weighted by atomic mass is 15.0. The van der Waals surface area contributed by atoms with Crippen LogP contribution >= 0.6 is 0 Å². The Bertz CT molecular complexity index is 2810. The van der Waals surface area contributed by atoms with Crippen molar-refractivity contribution in [2.45, 2.75) is 0 Å². The molecule has 8 aromatic carbocycles. The van der Waals surface area contributed by atoms with Crippen LogP contribution in [0.1, 0.15) is 0 Å². The maximum atomic E-state index is 5.16. The molecule has 10 rings (SSSR count). The summed E-state index contributed by atoms with van der Waals surface area (Å²) in [5.74, 6) is 0.711. The third-order valence-corrected chi connectivity index (χ3v) is 9.75. The first-order valence-electron chi connectivity index (χ1n) is 16.7. The molecule has 0 fully saturated rings. The fourth-order valence-corrected chi connectivity index (χ4v) is 7.58. The van der Waals surface area contributed by atoms with E-state index in [1.54, 1.807) is 0 Å². The van der Waals surface area contributed by atoms with E-state index in [2.05, 4.69) is 156 Å². The van der Waals surface area contributed by atoms with Crippen LogP contribution in [0.3, 0.4) is 0 Å². The topological polar surface area (TPSA) is 30.7 Å². The number of hydrogen-bond donors (Lipinski definition) is 0. The maximum absolute atomic E-state index is 5.16. The molecule has 0 N–H and O–H groups in total. The Morgan fingerprint density at radius 2 is 0.939 bits per heavy atom. The second-order valence-electron chi connectivity index (χ2n) is 12.6. The van der Waals surface area contributed by atoms with Crippen LogP contribution in [0.2, 0.25) is 0 Å². The van der Waals surface area contributed by atoms with Crippen LogP contribution < -0.4 is 0 Å². The molecule has 0 amide bonds. The van der Waals surface area contributed by atoms with Crippen LogP contribution in [0.5, 0.6) is 0 Å². The van der Waals surface area contributed by atoms with Gasteiger partial charge in [-0.05, 0) is 51.2 Å². The largest absolute Gasteiger partial charge is 0.309 e. The van der Waals surface area contributed by atoms with E-state index in [0.717, 1.165) is 33.8 Å². The zero-order valence-electron chi connectivity index (χ0n) is 26.6. The lowest BCUT2D eigenvalue weighted by molar-refractivity contribution is 1.17. The van der Waals surface area contributed by atoms with Gasteiger partial charge in [0.05, 0.1) is 22.4 Å². The van der Waals surface area contributed by atoms with Gasteiger partial charge in [0.25, 0.3) is 0 Å². The minimum atomic E-state index is 0.711. The second-order valence-corrected chi connectivity index (χ2v) is 12.6. The van der Waals surface area contributed by atoms with Gasteiger partial charge >= 0.3 is 0 Å². The van der Waals surface area contributed by atoms with Gasteiger partial charge in [0.1, 0.15) is 0 Å². The van der Waals surface area contributed by atoms with Crippen molar-refractivity contribution >= 4 is 54.1 Å². The van der Waals surface area contributed by atoms with Crippen LogP contribution in [0.25, 0.3) is 93.7 Å². The summed E-state index contributed by atoms with van der Waals surface area (Å²) in [6, 6.07) is 62.5. The van der Waals surface area contributed by atoms with Crippen molar-refractivity contribution in [1.82, 2.24) is 14.5 Å². The van der Waals surface area contributed by atoms with Gasteiger partial charge in [-0.1, -0.05) is 152 Å². The standard InChI is InChI=1S/C46H29N3/c1-3-15-31(16-4-1)40-29-41(48-46(47-40)32-17-5-2-6-18-32)33-19-13-20-34(28-33)49-42-27-26-30-14-7-8-21-35(30)43(42)44-38-24-11-9-22-36(38)37-23-10-12-25-39(37)45(44)49/h1-29H. The van der Waals surface area contributed by atoms with Crippen LogP contribution in [-0.4, -0.2) is 14.5 Å². The summed E-state index contributed by atoms with van der Waals surface area (Å²) < 4.78 is 2.47. The molecular weight excluding hydrogens is 595 g/mol. The second kappa shape index (κ2) is 11.0. The molecule has 2 aromatic heterocycles. The summed E-state index contributed by atoms with van der Waals surface area (Å²) in [5.41, 5.74) is 8.37.